The van der Waals surface area contributed by atoms with Crippen molar-refractivity contribution < 1.29 is 23.8 Å². The lowest BCUT2D eigenvalue weighted by Gasteiger charge is -2.42. The third-order valence-corrected chi connectivity index (χ3v) is 5.91. The zero-order valence-electron chi connectivity index (χ0n) is 21.7. The maximum atomic E-state index is 13.2. The van der Waals surface area contributed by atoms with Gasteiger partial charge in [0.1, 0.15) is 6.26 Å². The zero-order chi connectivity index (χ0) is 25.8. The van der Waals surface area contributed by atoms with Crippen LogP contribution in [-0.2, 0) is 19.0 Å². The molecule has 1 aliphatic carbocycles. The van der Waals surface area contributed by atoms with Crippen LogP contribution in [0.15, 0.2) is 65.8 Å². The van der Waals surface area contributed by atoms with E-state index in [9.17, 15) is 9.59 Å². The lowest BCUT2D eigenvalue weighted by Crippen LogP contribution is -2.53. The second-order valence-electron chi connectivity index (χ2n) is 10.1. The molecule has 0 fully saturated rings. The number of aryl methyl sites for hydroxylation is 2. The van der Waals surface area contributed by atoms with Crippen molar-refractivity contribution in [1.82, 2.24) is 10.4 Å². The van der Waals surface area contributed by atoms with Gasteiger partial charge in [0.05, 0.1) is 11.6 Å². The Bertz CT molecular complexity index is 1080. The molecule has 0 saturated carbocycles. The minimum absolute atomic E-state index is 0.0473. The van der Waals surface area contributed by atoms with Crippen molar-refractivity contribution in [2.24, 2.45) is 5.41 Å². The Hall–Kier alpha value is -3.48. The number of esters is 1. The minimum Gasteiger partial charge on any atom is -0.461 e. The average molecular weight is 481 g/mol. The monoisotopic (exact) mass is 480 g/mol. The molecule has 1 aromatic carbocycles. The molecular formula is C28H36N2O5. The SMILES string of the molecule is CCC(N(NC(=O)C1=COC=C(OC(=O)c2cc(C)cc(C)c2)O1)C1=CC(C)=CCC1)C(C)(C)C. The number of hydrogen-bond acceptors (Lipinski definition) is 6. The molecule has 7 heteroatoms. The Morgan fingerprint density at radius 2 is 1.80 bits per heavy atom. The van der Waals surface area contributed by atoms with E-state index < -0.39 is 11.9 Å². The highest BCUT2D eigenvalue weighted by Crippen LogP contribution is 2.32. The molecule has 0 saturated heterocycles. The molecule has 1 amide bonds. The van der Waals surface area contributed by atoms with Gasteiger partial charge in [-0.2, -0.15) is 0 Å². The first-order valence-corrected chi connectivity index (χ1v) is 12.0. The van der Waals surface area contributed by atoms with Crippen LogP contribution >= 0.6 is 0 Å². The molecular weight excluding hydrogens is 444 g/mol. The highest BCUT2D eigenvalue weighted by atomic mass is 16.7. The number of rotatable bonds is 7. The molecule has 0 spiro atoms. The van der Waals surface area contributed by atoms with Crippen molar-refractivity contribution >= 4 is 11.9 Å². The van der Waals surface area contributed by atoms with Gasteiger partial charge in [0.2, 0.25) is 5.76 Å². The molecule has 1 aromatic rings. The first-order chi connectivity index (χ1) is 16.5. The van der Waals surface area contributed by atoms with Crippen LogP contribution in [0.5, 0.6) is 0 Å². The van der Waals surface area contributed by atoms with Gasteiger partial charge in [0, 0.05) is 5.70 Å². The van der Waals surface area contributed by atoms with Crippen molar-refractivity contribution in [1.29, 1.82) is 0 Å². The van der Waals surface area contributed by atoms with Crippen LogP contribution in [-0.4, -0.2) is 22.9 Å². The predicted molar refractivity (Wildman–Crippen MR) is 134 cm³/mol. The van der Waals surface area contributed by atoms with Gasteiger partial charge in [0.25, 0.3) is 0 Å². The Labute approximate surface area is 208 Å². The van der Waals surface area contributed by atoms with Gasteiger partial charge >= 0.3 is 17.8 Å². The van der Waals surface area contributed by atoms with E-state index in [1.807, 2.05) is 24.9 Å². The van der Waals surface area contributed by atoms with Crippen molar-refractivity contribution in [2.75, 3.05) is 0 Å². The fourth-order valence-corrected chi connectivity index (χ4v) is 4.42. The maximum Gasteiger partial charge on any atom is 0.346 e. The van der Waals surface area contributed by atoms with Crippen LogP contribution < -0.4 is 5.43 Å². The minimum atomic E-state index is -0.594. The first kappa shape index (κ1) is 26.1. The summed E-state index contributed by atoms with van der Waals surface area (Å²) in [5.41, 5.74) is 7.39. The van der Waals surface area contributed by atoms with Crippen LogP contribution in [0.4, 0.5) is 0 Å². The number of nitrogens with zero attached hydrogens (tertiary/aromatic N) is 1. The summed E-state index contributed by atoms with van der Waals surface area (Å²) in [5, 5.41) is 1.95. The summed E-state index contributed by atoms with van der Waals surface area (Å²) < 4.78 is 16.2. The summed E-state index contributed by atoms with van der Waals surface area (Å²) in [6, 6.07) is 5.47. The third-order valence-electron chi connectivity index (χ3n) is 5.91. The quantitative estimate of drug-likeness (QED) is 0.385. The highest BCUT2D eigenvalue weighted by Gasteiger charge is 2.33. The molecule has 0 radical (unpaired) electrons. The number of hydrazine groups is 1. The van der Waals surface area contributed by atoms with Gasteiger partial charge in [0.15, 0.2) is 6.26 Å². The Balaban J connectivity index is 1.74. The number of hydrogen-bond donors (Lipinski definition) is 1. The Morgan fingerprint density at radius 3 is 2.40 bits per heavy atom. The summed E-state index contributed by atoms with van der Waals surface area (Å²) in [5.74, 6) is -1.39. The highest BCUT2D eigenvalue weighted by molar-refractivity contribution is 5.92. The normalized spacial score (nSPS) is 16.4. The van der Waals surface area contributed by atoms with Gasteiger partial charge < -0.3 is 14.2 Å². The fraction of sp³-hybridized carbons (Fsp3) is 0.429. The molecule has 1 atom stereocenters. The topological polar surface area (TPSA) is 77.1 Å². The second kappa shape index (κ2) is 10.8. The van der Waals surface area contributed by atoms with Crippen molar-refractivity contribution in [3.05, 3.63) is 82.5 Å². The summed E-state index contributed by atoms with van der Waals surface area (Å²) in [6.45, 7) is 14.4. The van der Waals surface area contributed by atoms with Crippen LogP contribution in [0.2, 0.25) is 0 Å². The number of carbonyl (C=O) groups is 2. The van der Waals surface area contributed by atoms with Crippen LogP contribution in [0.1, 0.15) is 75.4 Å². The van der Waals surface area contributed by atoms with Crippen molar-refractivity contribution in [2.45, 2.75) is 73.8 Å². The number of nitrogens with one attached hydrogen (secondary N) is 1. The number of allylic oxidation sites excluding steroid dienone is 4. The third kappa shape index (κ3) is 6.78. The summed E-state index contributed by atoms with van der Waals surface area (Å²) in [4.78, 5) is 25.8. The summed E-state index contributed by atoms with van der Waals surface area (Å²) in [6.07, 6.45) is 9.19. The average Bonchev–Trinajstić information content (AvgIpc) is 2.77. The van der Waals surface area contributed by atoms with Crippen LogP contribution in [0.25, 0.3) is 0 Å². The molecule has 2 aliphatic rings. The van der Waals surface area contributed by atoms with Gasteiger partial charge in [-0.25, -0.2) is 4.79 Å². The molecule has 1 N–H and O–H groups in total. The summed E-state index contributed by atoms with van der Waals surface area (Å²) >= 11 is 0. The molecule has 35 heavy (non-hydrogen) atoms. The van der Waals surface area contributed by atoms with E-state index in [-0.39, 0.29) is 23.2 Å². The van der Waals surface area contributed by atoms with Gasteiger partial charge in [-0.1, -0.05) is 56.5 Å². The predicted octanol–water partition coefficient (Wildman–Crippen LogP) is 5.93. The Morgan fingerprint density at radius 1 is 1.11 bits per heavy atom. The zero-order valence-corrected chi connectivity index (χ0v) is 21.7. The molecule has 0 aromatic heterocycles. The van der Waals surface area contributed by atoms with E-state index in [2.05, 4.69) is 52.2 Å². The lowest BCUT2D eigenvalue weighted by atomic mass is 9.84. The van der Waals surface area contributed by atoms with E-state index in [0.29, 0.717) is 5.56 Å². The number of ether oxygens (including phenoxy) is 3. The van der Waals surface area contributed by atoms with E-state index >= 15 is 0 Å². The molecule has 0 bridgehead atoms. The van der Waals surface area contributed by atoms with E-state index in [0.717, 1.165) is 47.9 Å². The first-order valence-electron chi connectivity index (χ1n) is 12.0. The number of benzene rings is 1. The Kier molecular flexibility index (Phi) is 8.10. The number of carbonyl (C=O) groups excluding carboxylic acids is 2. The molecule has 7 nitrogen and oxygen atoms in total. The molecule has 3 rings (SSSR count). The van der Waals surface area contributed by atoms with Crippen molar-refractivity contribution in [3.63, 3.8) is 0 Å². The largest absolute Gasteiger partial charge is 0.461 e. The summed E-state index contributed by atoms with van der Waals surface area (Å²) in [7, 11) is 0. The molecule has 1 heterocycles. The second-order valence-corrected chi connectivity index (χ2v) is 10.1. The fourth-order valence-electron chi connectivity index (χ4n) is 4.42. The van der Waals surface area contributed by atoms with E-state index in [1.165, 1.54) is 6.26 Å². The van der Waals surface area contributed by atoms with Crippen LogP contribution in [0.3, 0.4) is 0 Å². The van der Waals surface area contributed by atoms with Crippen molar-refractivity contribution in [3.8, 4) is 0 Å². The van der Waals surface area contributed by atoms with Gasteiger partial charge in [-0.05, 0) is 63.7 Å². The van der Waals surface area contributed by atoms with E-state index in [4.69, 9.17) is 14.2 Å². The number of amides is 1. The maximum absolute atomic E-state index is 13.2. The standard InChI is InChI=1S/C28H36N2O5/c1-8-24(28(5,6)7)30(22-11-9-10-18(2)15-22)29-26(31)23-16-33-17-25(34-23)35-27(32)21-13-19(3)12-20(4)14-21/h10,12-17,24H,8-9,11H2,1-7H3,(H,29,31). The molecule has 1 aliphatic heterocycles. The molecule has 1 unspecified atom stereocenters. The smallest absolute Gasteiger partial charge is 0.346 e. The lowest BCUT2D eigenvalue weighted by molar-refractivity contribution is -0.127. The van der Waals surface area contributed by atoms with Crippen LogP contribution in [0, 0.1) is 19.3 Å². The van der Waals surface area contributed by atoms with Gasteiger partial charge in [-0.3, -0.25) is 15.2 Å². The van der Waals surface area contributed by atoms with Gasteiger partial charge in [-0.15, -0.1) is 0 Å². The molecule has 188 valence electrons. The van der Waals surface area contributed by atoms with E-state index in [1.54, 1.807) is 12.1 Å².